The first-order valence-electron chi connectivity index (χ1n) is 34.2. The molecule has 1 radical (unpaired) electrons. The molecule has 20 heteroatoms. The van der Waals surface area contributed by atoms with Crippen molar-refractivity contribution >= 4 is 30.8 Å². The van der Waals surface area contributed by atoms with Crippen LogP contribution in [-0.4, -0.2) is 180 Å². The van der Waals surface area contributed by atoms with E-state index >= 15 is 0 Å². The predicted octanol–water partition coefficient (Wildman–Crippen LogP) is 9.57. The Hall–Kier alpha value is -5.04. The molecule has 527 valence electrons. The molecule has 6 fully saturated rings. The van der Waals surface area contributed by atoms with E-state index in [1.54, 1.807) is 27.0 Å². The van der Waals surface area contributed by atoms with Crippen LogP contribution in [-0.2, 0) is 61.8 Å². The van der Waals surface area contributed by atoms with Gasteiger partial charge in [0.2, 0.25) is 0 Å². The third-order valence-corrected chi connectivity index (χ3v) is 25.7. The van der Waals surface area contributed by atoms with Crippen molar-refractivity contribution in [3.05, 3.63) is 130 Å². The van der Waals surface area contributed by atoms with Crippen LogP contribution in [0.5, 0.6) is 0 Å². The van der Waals surface area contributed by atoms with Gasteiger partial charge in [0.25, 0.3) is 0 Å². The lowest BCUT2D eigenvalue weighted by Crippen LogP contribution is -2.75. The number of methoxy groups -OCH3 is 5. The molecule has 11 rings (SSSR count). The molecule has 0 amide bonds. The van der Waals surface area contributed by atoms with Crippen LogP contribution in [0.4, 0.5) is 0 Å². The van der Waals surface area contributed by atoms with Crippen molar-refractivity contribution in [2.75, 3.05) is 62.3 Å². The zero-order valence-electron chi connectivity index (χ0n) is 60.0. The van der Waals surface area contributed by atoms with Crippen LogP contribution in [0.2, 0.25) is 0 Å². The average Bonchev–Trinajstić information content (AvgIpc) is 0.680. The molecule has 3 aromatic carbocycles. The largest absolute Gasteiger partial charge is 0.456 e. The number of aliphatic hydroxyl groups is 2. The summed E-state index contributed by atoms with van der Waals surface area (Å²) in [6.07, 6.45) is -3.74. The molecule has 8 aliphatic rings. The van der Waals surface area contributed by atoms with Gasteiger partial charge < -0.3 is 63.3 Å². The van der Waals surface area contributed by atoms with Gasteiger partial charge in [-0.1, -0.05) is 153 Å². The number of hydrogen-bond acceptors (Lipinski definition) is 19. The third kappa shape index (κ3) is 11.9. The van der Waals surface area contributed by atoms with E-state index < -0.39 is 105 Å². The Bertz CT molecular complexity index is 3290. The van der Waals surface area contributed by atoms with Crippen molar-refractivity contribution in [3.63, 3.8) is 0 Å². The van der Waals surface area contributed by atoms with Crippen LogP contribution in [0, 0.1) is 62.1 Å². The summed E-state index contributed by atoms with van der Waals surface area (Å²) in [5, 5.41) is 42.9. The summed E-state index contributed by atoms with van der Waals surface area (Å²) in [6.45, 7) is 27.4. The zero-order valence-corrected chi connectivity index (χ0v) is 60.0. The summed E-state index contributed by atoms with van der Waals surface area (Å²) in [7, 11) is 11.0. The Morgan fingerprint density at radius 1 is 0.583 bits per heavy atom. The first kappa shape index (κ1) is 75.2. The Labute approximate surface area is 569 Å². The van der Waals surface area contributed by atoms with Crippen LogP contribution in [0.1, 0.15) is 144 Å². The minimum absolute atomic E-state index is 0.0495. The molecule has 2 heterocycles. The maximum Gasteiger partial charge on any atom is 0.336 e. The molecule has 4 saturated carbocycles. The molecule has 2 saturated heterocycles. The number of nitrogens with one attached hydrogen (secondary N) is 2. The van der Waals surface area contributed by atoms with Crippen LogP contribution < -0.4 is 11.0 Å². The van der Waals surface area contributed by atoms with Gasteiger partial charge in [-0.05, 0) is 103 Å². The molecule has 0 spiro atoms. The smallest absolute Gasteiger partial charge is 0.336 e. The monoisotopic (exact) mass is 1330 g/mol. The van der Waals surface area contributed by atoms with E-state index in [4.69, 9.17) is 47.8 Å². The van der Waals surface area contributed by atoms with Gasteiger partial charge in [-0.2, -0.15) is 0 Å². The molecule has 6 aliphatic carbocycles. The summed E-state index contributed by atoms with van der Waals surface area (Å²) in [4.78, 5) is 58.3. The number of fused-ring (bicyclic) bond motifs is 10. The highest BCUT2D eigenvalue weighted by Gasteiger charge is 2.75. The summed E-state index contributed by atoms with van der Waals surface area (Å²) in [5.41, 5.74) is 2.74. The lowest BCUT2D eigenvalue weighted by Gasteiger charge is -2.69. The number of Topliss-reactive ketones (excluding diaryl/α,β-unsaturated/α-hetero) is 2. The van der Waals surface area contributed by atoms with Crippen molar-refractivity contribution in [2.24, 2.45) is 62.1 Å². The molecular weight excluding hydrogens is 1220 g/mol. The van der Waals surface area contributed by atoms with Gasteiger partial charge in [-0.15, -0.1) is 0 Å². The summed E-state index contributed by atoms with van der Waals surface area (Å²) in [5.74, 6) is -3.80. The number of carbonyl (C=O) groups excluding carboxylic acids is 4. The number of ketones is 2. The van der Waals surface area contributed by atoms with Gasteiger partial charge in [-0.25, -0.2) is 20.5 Å². The Morgan fingerprint density at radius 3 is 1.34 bits per heavy atom. The number of carbonyl (C=O) groups is 4. The van der Waals surface area contributed by atoms with Crippen LogP contribution in [0.3, 0.4) is 0 Å². The van der Waals surface area contributed by atoms with E-state index in [1.165, 1.54) is 28.4 Å². The predicted molar refractivity (Wildman–Crippen MR) is 362 cm³/mol. The highest BCUT2D eigenvalue weighted by Crippen LogP contribution is 2.70. The molecule has 3 aromatic rings. The topological polar surface area (TPSA) is 256 Å². The number of hydrogen-bond donors (Lipinski definition) is 6. The fourth-order valence-corrected chi connectivity index (χ4v) is 20.8. The SMILES string of the molecule is CNO.CO[C@H]1C(=O)[C@]2(C)[C@@H](OC)C[C@H]3OC[C@@]3(C)[C@H]2[C@H](C)[C@]2(O)C[C@H](OC(=O)[C@H](OC)[C@@H]([B]CNO)c3ccccc3)C(C)=C1C2(C)C.CO[C@H]1C[C@H]2OC[C@@]2(C)[C@H]2[C@H](C)[C@]3(O)C[C@H](OC(=O)[C@H](OC)C(c4ccccc4)c4ccccc4)C(C)=C([C@@H](C)C(=O)[C@]12C)C3(C)C. The Kier molecular flexibility index (Phi) is 22.3. The molecule has 21 atom stereocenters. The molecule has 0 aromatic heterocycles. The van der Waals surface area contributed by atoms with E-state index in [-0.39, 0.29) is 77.7 Å². The van der Waals surface area contributed by atoms with Crippen LogP contribution >= 0.6 is 0 Å². The minimum atomic E-state index is -1.40. The van der Waals surface area contributed by atoms with E-state index in [1.807, 2.05) is 139 Å². The lowest BCUT2D eigenvalue weighted by atomic mass is 9.40. The Morgan fingerprint density at radius 2 is 0.969 bits per heavy atom. The van der Waals surface area contributed by atoms with E-state index in [9.17, 15) is 34.6 Å². The molecule has 19 nitrogen and oxygen atoms in total. The second kappa shape index (κ2) is 28.5. The number of rotatable bonds is 17. The van der Waals surface area contributed by atoms with Gasteiger partial charge in [-0.3, -0.25) is 9.59 Å². The average molecular weight is 1330 g/mol. The fourth-order valence-electron chi connectivity index (χ4n) is 20.8. The minimum Gasteiger partial charge on any atom is -0.456 e. The fraction of sp³-hybridized carbons (Fsp3) is 0.658. The lowest BCUT2D eigenvalue weighted by molar-refractivity contribution is -0.305. The van der Waals surface area contributed by atoms with Crippen molar-refractivity contribution in [3.8, 4) is 0 Å². The van der Waals surface area contributed by atoms with Crippen molar-refractivity contribution in [1.82, 2.24) is 11.0 Å². The number of hydroxylamine groups is 2. The van der Waals surface area contributed by atoms with Crippen molar-refractivity contribution in [1.29, 1.82) is 0 Å². The second-order valence-electron chi connectivity index (χ2n) is 30.6. The van der Waals surface area contributed by atoms with Gasteiger partial charge in [0, 0.05) is 102 Å². The van der Waals surface area contributed by atoms with Crippen molar-refractivity contribution in [2.45, 2.75) is 194 Å². The highest BCUT2D eigenvalue weighted by molar-refractivity contribution is 6.39. The maximum atomic E-state index is 15.0. The van der Waals surface area contributed by atoms with Gasteiger partial charge in [0.05, 0.1) is 59.7 Å². The number of benzene rings is 3. The highest BCUT2D eigenvalue weighted by atomic mass is 16.6. The van der Waals surface area contributed by atoms with Crippen LogP contribution in [0.25, 0.3) is 0 Å². The summed E-state index contributed by atoms with van der Waals surface area (Å²) >= 11 is 0. The molecular formula is C76H108BN2O17. The van der Waals surface area contributed by atoms with Crippen molar-refractivity contribution < 1.29 is 82.4 Å². The van der Waals surface area contributed by atoms with E-state index in [0.29, 0.717) is 37.2 Å². The quantitative estimate of drug-likeness (QED) is 0.0318. The second-order valence-corrected chi connectivity index (χ2v) is 30.6. The molecule has 0 unspecified atom stereocenters. The maximum absolute atomic E-state index is 15.0. The molecule has 2 aliphatic heterocycles. The third-order valence-electron chi connectivity index (χ3n) is 25.7. The molecule has 96 heavy (non-hydrogen) atoms. The summed E-state index contributed by atoms with van der Waals surface area (Å²) < 4.78 is 54.8. The summed E-state index contributed by atoms with van der Waals surface area (Å²) in [6, 6.07) is 29.1. The van der Waals surface area contributed by atoms with Gasteiger partial charge >= 0.3 is 11.9 Å². The zero-order chi connectivity index (χ0) is 70.6. The van der Waals surface area contributed by atoms with E-state index in [2.05, 4.69) is 47.0 Å². The van der Waals surface area contributed by atoms with Gasteiger partial charge in [0.1, 0.15) is 31.4 Å². The number of ether oxygens (including phenoxy) is 9. The Balaban J connectivity index is 0.000000217. The molecule has 4 bridgehead atoms. The van der Waals surface area contributed by atoms with E-state index in [0.717, 1.165) is 27.8 Å². The molecule has 6 N–H and O–H groups in total. The van der Waals surface area contributed by atoms with Gasteiger partial charge in [0.15, 0.2) is 18.0 Å². The normalized spacial score (nSPS) is 38.0. The number of esters is 2. The first-order valence-corrected chi connectivity index (χ1v) is 34.2. The first-order chi connectivity index (χ1) is 45.3. The van der Waals surface area contributed by atoms with Crippen LogP contribution in [0.15, 0.2) is 113 Å². The standard InChI is InChI=1S/C40H52O7.C35H51BNO9.CH5NO/c1-23-28(47-36(42)33(45-9)31(26-16-12-10-13-17-26)27-18-14-11-15-19-27)21-40(43)25(3)34-38(6)22-46-29(38)20-30(44-8)39(34,7)35(41)24(2)32(23)37(40,4)5;1-19-22(46-31(39)28(44-9)26(36-18-37-41)21-13-11-10-12-14-21)16-35(40)20(2)29-33(5)17-45-23(33)15-24(42-7)34(29,6)30(38)27(43-8)25(19)32(35,3)4;1-2-3/h10-19,24-25,28-31,33-34,43H,20-22H2,1-9H3;10-14,20,22-24,26-29,37,40-41H,15-18H2,1-9H3;2-3H,1H3/t24-,25+,28+,29-,30+,33-,34-,38-,39-,40-;20-,22-,23+,24-,26-,27+,28+,29+,33+,34+,35+;/m10./s1.